The van der Waals surface area contributed by atoms with E-state index < -0.39 is 12.6 Å². The molecule has 1 aliphatic heterocycles. The molecule has 0 saturated carbocycles. The maximum atomic E-state index is 11.9. The molecule has 1 aliphatic rings. The zero-order chi connectivity index (χ0) is 10.6. The maximum Gasteiger partial charge on any atom is 0.389 e. The van der Waals surface area contributed by atoms with Gasteiger partial charge in [0.1, 0.15) is 0 Å². The predicted octanol–water partition coefficient (Wildman–Crippen LogP) is 3.11. The molecule has 0 spiro atoms. The first-order chi connectivity index (χ1) is 6.47. The van der Waals surface area contributed by atoms with Crippen LogP contribution < -0.4 is 5.32 Å². The fourth-order valence-electron chi connectivity index (χ4n) is 1.85. The van der Waals surface area contributed by atoms with Gasteiger partial charge < -0.3 is 5.32 Å². The topological polar surface area (TPSA) is 12.0 Å². The lowest BCUT2D eigenvalue weighted by molar-refractivity contribution is -0.135. The quantitative estimate of drug-likeness (QED) is 0.753. The summed E-state index contributed by atoms with van der Waals surface area (Å²) in [4.78, 5) is 0. The standard InChI is InChI=1S/C10H18F3N/c1-8-4-5-9(14-7-8)3-2-6-10(11,12)13/h8-9,14H,2-7H2,1H3. The van der Waals surface area contributed by atoms with Gasteiger partial charge in [-0.05, 0) is 38.1 Å². The summed E-state index contributed by atoms with van der Waals surface area (Å²) in [6.07, 6.45) is -1.53. The number of rotatable bonds is 3. The highest BCUT2D eigenvalue weighted by Gasteiger charge is 2.27. The Morgan fingerprint density at radius 3 is 2.50 bits per heavy atom. The van der Waals surface area contributed by atoms with Gasteiger partial charge in [-0.25, -0.2) is 0 Å². The average molecular weight is 209 g/mol. The summed E-state index contributed by atoms with van der Waals surface area (Å²) in [5.41, 5.74) is 0. The average Bonchev–Trinajstić information content (AvgIpc) is 2.06. The van der Waals surface area contributed by atoms with E-state index in [4.69, 9.17) is 0 Å². The Labute approximate surface area is 83.1 Å². The highest BCUT2D eigenvalue weighted by Crippen LogP contribution is 2.24. The van der Waals surface area contributed by atoms with Crippen molar-refractivity contribution < 1.29 is 13.2 Å². The lowest BCUT2D eigenvalue weighted by atomic mass is 9.93. The molecule has 0 amide bonds. The minimum Gasteiger partial charge on any atom is -0.314 e. The van der Waals surface area contributed by atoms with Gasteiger partial charge in [0.05, 0.1) is 0 Å². The van der Waals surface area contributed by atoms with Crippen molar-refractivity contribution >= 4 is 0 Å². The molecule has 14 heavy (non-hydrogen) atoms. The number of hydrogen-bond donors (Lipinski definition) is 1. The second kappa shape index (κ2) is 5.01. The van der Waals surface area contributed by atoms with Gasteiger partial charge in [0, 0.05) is 12.5 Å². The Kier molecular flexibility index (Phi) is 4.23. The van der Waals surface area contributed by atoms with E-state index in [-0.39, 0.29) is 6.42 Å². The van der Waals surface area contributed by atoms with E-state index in [9.17, 15) is 13.2 Å². The molecule has 84 valence electrons. The second-order valence-electron chi connectivity index (χ2n) is 4.30. The summed E-state index contributed by atoms with van der Waals surface area (Å²) < 4.78 is 35.6. The first kappa shape index (κ1) is 11.8. The Balaban J connectivity index is 2.08. The minimum atomic E-state index is -3.98. The predicted molar refractivity (Wildman–Crippen MR) is 50.1 cm³/mol. The molecule has 1 rings (SSSR count). The number of halogens is 3. The zero-order valence-corrected chi connectivity index (χ0v) is 8.53. The van der Waals surface area contributed by atoms with Crippen molar-refractivity contribution in [1.82, 2.24) is 5.32 Å². The number of alkyl halides is 3. The summed E-state index contributed by atoms with van der Waals surface area (Å²) in [5, 5.41) is 3.29. The van der Waals surface area contributed by atoms with Crippen molar-refractivity contribution in [3.63, 3.8) is 0 Å². The third-order valence-electron chi connectivity index (χ3n) is 2.78. The molecule has 0 radical (unpaired) electrons. The van der Waals surface area contributed by atoms with E-state index in [0.717, 1.165) is 19.4 Å². The van der Waals surface area contributed by atoms with Crippen molar-refractivity contribution in [3.8, 4) is 0 Å². The van der Waals surface area contributed by atoms with Crippen molar-refractivity contribution in [2.24, 2.45) is 5.92 Å². The SMILES string of the molecule is CC1CCC(CCCC(F)(F)F)NC1. The van der Waals surface area contributed by atoms with Crippen LogP contribution in [0.3, 0.4) is 0 Å². The van der Waals surface area contributed by atoms with E-state index in [1.165, 1.54) is 0 Å². The summed E-state index contributed by atoms with van der Waals surface area (Å²) >= 11 is 0. The van der Waals surface area contributed by atoms with Crippen LogP contribution in [-0.2, 0) is 0 Å². The summed E-state index contributed by atoms with van der Waals surface area (Å²) in [5.74, 6) is 0.675. The van der Waals surface area contributed by atoms with Crippen molar-refractivity contribution in [3.05, 3.63) is 0 Å². The first-order valence-corrected chi connectivity index (χ1v) is 5.27. The van der Waals surface area contributed by atoms with Crippen LogP contribution in [0.25, 0.3) is 0 Å². The van der Waals surface area contributed by atoms with E-state index in [2.05, 4.69) is 12.2 Å². The summed E-state index contributed by atoms with van der Waals surface area (Å²) in [6, 6.07) is 0.313. The normalized spacial score (nSPS) is 29.1. The molecular weight excluding hydrogens is 191 g/mol. The molecule has 0 bridgehead atoms. The van der Waals surface area contributed by atoms with Gasteiger partial charge in [0.15, 0.2) is 0 Å². The van der Waals surface area contributed by atoms with Crippen LogP contribution in [0.2, 0.25) is 0 Å². The van der Waals surface area contributed by atoms with Gasteiger partial charge in [-0.3, -0.25) is 0 Å². The van der Waals surface area contributed by atoms with Crippen LogP contribution >= 0.6 is 0 Å². The zero-order valence-electron chi connectivity index (χ0n) is 8.53. The fourth-order valence-corrected chi connectivity index (χ4v) is 1.85. The van der Waals surface area contributed by atoms with Crippen LogP contribution in [0.1, 0.15) is 39.0 Å². The number of nitrogens with one attached hydrogen (secondary N) is 1. The van der Waals surface area contributed by atoms with Crippen LogP contribution in [0, 0.1) is 5.92 Å². The van der Waals surface area contributed by atoms with E-state index in [1.54, 1.807) is 0 Å². The maximum absolute atomic E-state index is 11.9. The molecule has 2 unspecified atom stereocenters. The summed E-state index contributed by atoms with van der Waals surface area (Å²) in [6.45, 7) is 3.12. The van der Waals surface area contributed by atoms with Gasteiger partial charge in [-0.1, -0.05) is 6.92 Å². The monoisotopic (exact) mass is 209 g/mol. The molecule has 1 heterocycles. The molecule has 0 aromatic rings. The highest BCUT2D eigenvalue weighted by atomic mass is 19.4. The van der Waals surface area contributed by atoms with Gasteiger partial charge in [-0.15, -0.1) is 0 Å². The molecule has 0 aromatic heterocycles. The highest BCUT2D eigenvalue weighted by molar-refractivity contribution is 4.75. The van der Waals surface area contributed by atoms with Gasteiger partial charge in [0.2, 0.25) is 0 Å². The molecular formula is C10H18F3N. The molecule has 1 saturated heterocycles. The van der Waals surface area contributed by atoms with E-state index in [0.29, 0.717) is 18.4 Å². The molecule has 1 nitrogen and oxygen atoms in total. The molecule has 1 fully saturated rings. The van der Waals surface area contributed by atoms with E-state index in [1.807, 2.05) is 0 Å². The van der Waals surface area contributed by atoms with Crippen LogP contribution in [0.4, 0.5) is 13.2 Å². The Hall–Kier alpha value is -0.250. The number of piperidine rings is 1. The lowest BCUT2D eigenvalue weighted by Crippen LogP contribution is -2.38. The Bertz CT molecular complexity index is 159. The Morgan fingerprint density at radius 2 is 2.00 bits per heavy atom. The molecule has 2 atom stereocenters. The van der Waals surface area contributed by atoms with Crippen molar-refractivity contribution in [2.75, 3.05) is 6.54 Å². The van der Waals surface area contributed by atoms with Gasteiger partial charge in [-0.2, -0.15) is 13.2 Å². The summed E-state index contributed by atoms with van der Waals surface area (Å²) in [7, 11) is 0. The first-order valence-electron chi connectivity index (χ1n) is 5.27. The lowest BCUT2D eigenvalue weighted by Gasteiger charge is -2.27. The third-order valence-corrected chi connectivity index (χ3v) is 2.78. The van der Waals surface area contributed by atoms with E-state index >= 15 is 0 Å². The molecule has 0 aliphatic carbocycles. The largest absolute Gasteiger partial charge is 0.389 e. The second-order valence-corrected chi connectivity index (χ2v) is 4.30. The third kappa shape index (κ3) is 4.84. The molecule has 0 aromatic carbocycles. The van der Waals surface area contributed by atoms with Crippen LogP contribution in [0.15, 0.2) is 0 Å². The molecule has 1 N–H and O–H groups in total. The van der Waals surface area contributed by atoms with Gasteiger partial charge in [0.25, 0.3) is 0 Å². The Morgan fingerprint density at radius 1 is 1.29 bits per heavy atom. The van der Waals surface area contributed by atoms with Gasteiger partial charge >= 0.3 is 6.18 Å². The molecule has 4 heteroatoms. The number of hydrogen-bond acceptors (Lipinski definition) is 1. The van der Waals surface area contributed by atoms with Crippen molar-refractivity contribution in [2.45, 2.75) is 51.2 Å². The fraction of sp³-hybridized carbons (Fsp3) is 1.00. The minimum absolute atomic E-state index is 0.259. The van der Waals surface area contributed by atoms with Crippen LogP contribution in [0.5, 0.6) is 0 Å². The smallest absolute Gasteiger partial charge is 0.314 e. The van der Waals surface area contributed by atoms with Crippen LogP contribution in [-0.4, -0.2) is 18.8 Å². The van der Waals surface area contributed by atoms with Crippen molar-refractivity contribution in [1.29, 1.82) is 0 Å².